The summed E-state index contributed by atoms with van der Waals surface area (Å²) in [6, 6.07) is 3.25. The molecule has 0 saturated carbocycles. The van der Waals surface area contributed by atoms with Crippen molar-refractivity contribution < 1.29 is 9.59 Å². The topological polar surface area (TPSA) is 75.4 Å². The molecule has 0 bridgehead atoms. The number of nitrogens with one attached hydrogen (secondary N) is 1. The van der Waals surface area contributed by atoms with Crippen LogP contribution in [0.2, 0.25) is 0 Å². The van der Waals surface area contributed by atoms with Gasteiger partial charge in [0, 0.05) is 13.1 Å². The Labute approximate surface area is 98.2 Å². The fourth-order valence-electron chi connectivity index (χ4n) is 1.31. The Bertz CT molecular complexity index is 385. The molecule has 0 saturated heterocycles. The van der Waals surface area contributed by atoms with Gasteiger partial charge < -0.3 is 4.90 Å². The van der Waals surface area contributed by atoms with Crippen LogP contribution in [0, 0.1) is 0 Å². The number of nitrogens with zero attached hydrogens (tertiary/aromatic N) is 1. The van der Waals surface area contributed by atoms with E-state index in [0.29, 0.717) is 22.8 Å². The lowest BCUT2D eigenvalue weighted by atomic mass is 10.3. The lowest BCUT2D eigenvalue weighted by molar-refractivity contribution is 0.0777. The standard InChI is InChI=1S/C10H15N3O2S/c1-3-13(4-2)10(15)8-6-5-7(16-8)9(14)12-11/h5-6H,3-4,11H2,1-2H3,(H,12,14). The van der Waals surface area contributed by atoms with Crippen molar-refractivity contribution in [2.45, 2.75) is 13.8 Å². The number of nitrogens with two attached hydrogens (primary N) is 1. The first-order chi connectivity index (χ1) is 7.63. The Hall–Kier alpha value is -1.40. The maximum absolute atomic E-state index is 11.9. The van der Waals surface area contributed by atoms with Crippen LogP contribution >= 0.6 is 11.3 Å². The summed E-state index contributed by atoms with van der Waals surface area (Å²) in [6.07, 6.45) is 0. The highest BCUT2D eigenvalue weighted by Gasteiger charge is 2.16. The lowest BCUT2D eigenvalue weighted by Gasteiger charge is -2.17. The van der Waals surface area contributed by atoms with Crippen LogP contribution in [0.25, 0.3) is 0 Å². The summed E-state index contributed by atoms with van der Waals surface area (Å²) in [5, 5.41) is 0. The molecule has 0 aromatic carbocycles. The predicted molar refractivity (Wildman–Crippen MR) is 63.2 cm³/mol. The second-order valence-electron chi connectivity index (χ2n) is 3.11. The molecule has 5 nitrogen and oxygen atoms in total. The van der Waals surface area contributed by atoms with Gasteiger partial charge in [0.1, 0.15) is 0 Å². The number of rotatable bonds is 4. The van der Waals surface area contributed by atoms with Crippen molar-refractivity contribution in [3.05, 3.63) is 21.9 Å². The van der Waals surface area contributed by atoms with Crippen LogP contribution in [0.15, 0.2) is 12.1 Å². The average Bonchev–Trinajstić information content (AvgIpc) is 2.78. The third-order valence-corrected chi connectivity index (χ3v) is 3.29. The summed E-state index contributed by atoms with van der Waals surface area (Å²) < 4.78 is 0. The molecule has 0 fully saturated rings. The summed E-state index contributed by atoms with van der Waals surface area (Å²) in [6.45, 7) is 5.16. The van der Waals surface area contributed by atoms with Crippen LogP contribution in [0.1, 0.15) is 33.2 Å². The third kappa shape index (κ3) is 2.59. The highest BCUT2D eigenvalue weighted by atomic mass is 32.1. The highest BCUT2D eigenvalue weighted by molar-refractivity contribution is 7.15. The Morgan fingerprint density at radius 2 is 1.88 bits per heavy atom. The van der Waals surface area contributed by atoms with Crippen LogP contribution in [-0.2, 0) is 0 Å². The summed E-state index contributed by atoms with van der Waals surface area (Å²) in [7, 11) is 0. The summed E-state index contributed by atoms with van der Waals surface area (Å²) >= 11 is 1.15. The Morgan fingerprint density at radius 1 is 1.31 bits per heavy atom. The van der Waals surface area contributed by atoms with Gasteiger partial charge in [0.25, 0.3) is 11.8 Å². The van der Waals surface area contributed by atoms with Gasteiger partial charge in [-0.1, -0.05) is 0 Å². The molecule has 0 aliphatic heterocycles. The monoisotopic (exact) mass is 241 g/mol. The van der Waals surface area contributed by atoms with Gasteiger partial charge in [-0.15, -0.1) is 11.3 Å². The number of hydrogen-bond acceptors (Lipinski definition) is 4. The summed E-state index contributed by atoms with van der Waals surface area (Å²) in [4.78, 5) is 25.8. The number of hydrazine groups is 1. The van der Waals surface area contributed by atoms with Gasteiger partial charge in [-0.2, -0.15) is 0 Å². The quantitative estimate of drug-likeness (QED) is 0.466. The van der Waals surface area contributed by atoms with Crippen LogP contribution in [0.5, 0.6) is 0 Å². The van der Waals surface area contributed by atoms with E-state index in [4.69, 9.17) is 5.84 Å². The van der Waals surface area contributed by atoms with E-state index < -0.39 is 0 Å². The molecule has 3 N–H and O–H groups in total. The van der Waals surface area contributed by atoms with Crippen molar-refractivity contribution in [3.63, 3.8) is 0 Å². The van der Waals surface area contributed by atoms with E-state index in [0.717, 1.165) is 11.3 Å². The van der Waals surface area contributed by atoms with Crippen molar-refractivity contribution in [1.82, 2.24) is 10.3 Å². The predicted octanol–water partition coefficient (Wildman–Crippen LogP) is 0.834. The summed E-state index contributed by atoms with van der Waals surface area (Å²) in [5.41, 5.74) is 2.04. The molecular formula is C10H15N3O2S. The normalized spacial score (nSPS) is 9.94. The number of amides is 2. The molecule has 1 aromatic heterocycles. The second kappa shape index (κ2) is 5.62. The molecule has 2 amide bonds. The molecule has 1 heterocycles. The molecule has 16 heavy (non-hydrogen) atoms. The van der Waals surface area contributed by atoms with E-state index in [1.165, 1.54) is 0 Å². The van der Waals surface area contributed by atoms with Crippen LogP contribution < -0.4 is 11.3 Å². The Kier molecular flexibility index (Phi) is 4.45. The van der Waals surface area contributed by atoms with Gasteiger partial charge in [-0.3, -0.25) is 15.0 Å². The van der Waals surface area contributed by atoms with E-state index in [-0.39, 0.29) is 11.8 Å². The van der Waals surface area contributed by atoms with Crippen molar-refractivity contribution >= 4 is 23.2 Å². The molecule has 0 radical (unpaired) electrons. The zero-order chi connectivity index (χ0) is 12.1. The van der Waals surface area contributed by atoms with Crippen molar-refractivity contribution in [2.75, 3.05) is 13.1 Å². The Balaban J connectivity index is 2.85. The zero-order valence-corrected chi connectivity index (χ0v) is 10.1. The van der Waals surface area contributed by atoms with Gasteiger partial charge >= 0.3 is 0 Å². The van der Waals surface area contributed by atoms with Crippen molar-refractivity contribution in [2.24, 2.45) is 5.84 Å². The number of thiophene rings is 1. The van der Waals surface area contributed by atoms with Gasteiger partial charge in [-0.25, -0.2) is 5.84 Å². The molecule has 0 aliphatic carbocycles. The maximum atomic E-state index is 11.9. The lowest BCUT2D eigenvalue weighted by Crippen LogP contribution is -2.30. The molecule has 1 rings (SSSR count). The number of carbonyl (C=O) groups excluding carboxylic acids is 2. The van der Waals surface area contributed by atoms with Gasteiger partial charge in [0.05, 0.1) is 9.75 Å². The first-order valence-corrected chi connectivity index (χ1v) is 5.85. The van der Waals surface area contributed by atoms with E-state index in [2.05, 4.69) is 0 Å². The second-order valence-corrected chi connectivity index (χ2v) is 4.20. The van der Waals surface area contributed by atoms with E-state index in [1.807, 2.05) is 19.3 Å². The van der Waals surface area contributed by atoms with E-state index >= 15 is 0 Å². The molecule has 0 atom stereocenters. The van der Waals surface area contributed by atoms with E-state index in [1.54, 1.807) is 17.0 Å². The molecule has 88 valence electrons. The first-order valence-electron chi connectivity index (χ1n) is 5.04. The molecule has 6 heteroatoms. The van der Waals surface area contributed by atoms with Crippen molar-refractivity contribution in [3.8, 4) is 0 Å². The molecule has 1 aromatic rings. The largest absolute Gasteiger partial charge is 0.339 e. The minimum atomic E-state index is -0.372. The Morgan fingerprint density at radius 3 is 2.38 bits per heavy atom. The number of nitrogen functional groups attached to an aromatic ring is 1. The minimum Gasteiger partial charge on any atom is -0.339 e. The fraction of sp³-hybridized carbons (Fsp3) is 0.400. The SMILES string of the molecule is CCN(CC)C(=O)c1ccc(C(=O)NN)s1. The van der Waals surface area contributed by atoms with Gasteiger partial charge in [-0.05, 0) is 26.0 Å². The smallest absolute Gasteiger partial charge is 0.275 e. The number of hydrogen-bond donors (Lipinski definition) is 2. The molecule has 0 spiro atoms. The maximum Gasteiger partial charge on any atom is 0.275 e. The summed E-state index contributed by atoms with van der Waals surface area (Å²) in [5.74, 6) is 4.59. The molecular weight excluding hydrogens is 226 g/mol. The molecule has 0 unspecified atom stereocenters. The van der Waals surface area contributed by atoms with Crippen molar-refractivity contribution in [1.29, 1.82) is 0 Å². The fourth-order valence-corrected chi connectivity index (χ4v) is 2.19. The van der Waals surface area contributed by atoms with Crippen LogP contribution in [0.4, 0.5) is 0 Å². The van der Waals surface area contributed by atoms with Crippen LogP contribution in [-0.4, -0.2) is 29.8 Å². The van der Waals surface area contributed by atoms with E-state index in [9.17, 15) is 9.59 Å². The molecule has 0 aliphatic rings. The number of carbonyl (C=O) groups is 2. The minimum absolute atomic E-state index is 0.0499. The highest BCUT2D eigenvalue weighted by Crippen LogP contribution is 2.18. The zero-order valence-electron chi connectivity index (χ0n) is 9.32. The average molecular weight is 241 g/mol. The van der Waals surface area contributed by atoms with Gasteiger partial charge in [0.2, 0.25) is 0 Å². The van der Waals surface area contributed by atoms with Gasteiger partial charge in [0.15, 0.2) is 0 Å². The first kappa shape index (κ1) is 12.7. The third-order valence-electron chi connectivity index (χ3n) is 2.22. The van der Waals surface area contributed by atoms with Crippen LogP contribution in [0.3, 0.4) is 0 Å².